The maximum atomic E-state index is 13.9. The number of thioether (sulfide) groups is 1. The maximum absolute atomic E-state index is 13.9. The SMILES string of the molecule is NNC(CSc1cccc(Br)c1)Cc1cccc(Cl)c1F. The van der Waals surface area contributed by atoms with Gasteiger partial charge in [-0.1, -0.05) is 45.7 Å². The lowest BCUT2D eigenvalue weighted by atomic mass is 10.1. The van der Waals surface area contributed by atoms with Crippen molar-refractivity contribution in [3.8, 4) is 0 Å². The van der Waals surface area contributed by atoms with Gasteiger partial charge in [-0.2, -0.15) is 0 Å². The van der Waals surface area contributed by atoms with Gasteiger partial charge in [0, 0.05) is 21.2 Å². The number of rotatable bonds is 6. The lowest BCUT2D eigenvalue weighted by Crippen LogP contribution is -2.38. The number of hydrogen-bond acceptors (Lipinski definition) is 3. The minimum Gasteiger partial charge on any atom is -0.271 e. The van der Waals surface area contributed by atoms with Crippen LogP contribution in [0, 0.1) is 5.82 Å². The minimum atomic E-state index is -0.369. The second-order valence-corrected chi connectivity index (χ2v) is 6.97. The van der Waals surface area contributed by atoms with Crippen molar-refractivity contribution in [2.45, 2.75) is 17.4 Å². The fourth-order valence-electron chi connectivity index (χ4n) is 1.89. The van der Waals surface area contributed by atoms with Gasteiger partial charge >= 0.3 is 0 Å². The molecule has 0 amide bonds. The number of nitrogens with two attached hydrogens (primary N) is 1. The normalized spacial score (nSPS) is 12.4. The molecule has 3 N–H and O–H groups in total. The van der Waals surface area contributed by atoms with E-state index in [-0.39, 0.29) is 16.9 Å². The van der Waals surface area contributed by atoms with E-state index in [9.17, 15) is 4.39 Å². The molecule has 0 saturated heterocycles. The summed E-state index contributed by atoms with van der Waals surface area (Å²) in [7, 11) is 0. The summed E-state index contributed by atoms with van der Waals surface area (Å²) in [6.07, 6.45) is 0.490. The molecule has 2 aromatic rings. The molecule has 0 bridgehead atoms. The first-order chi connectivity index (χ1) is 10.1. The van der Waals surface area contributed by atoms with Crippen molar-refractivity contribution >= 4 is 39.3 Å². The molecule has 0 radical (unpaired) electrons. The van der Waals surface area contributed by atoms with Crippen LogP contribution in [-0.4, -0.2) is 11.8 Å². The first-order valence-electron chi connectivity index (χ1n) is 6.37. The number of benzene rings is 2. The van der Waals surface area contributed by atoms with Gasteiger partial charge in [0.05, 0.1) is 5.02 Å². The first-order valence-corrected chi connectivity index (χ1v) is 8.53. The summed E-state index contributed by atoms with van der Waals surface area (Å²) < 4.78 is 14.9. The molecular formula is C15H15BrClFN2S. The second-order valence-electron chi connectivity index (χ2n) is 4.55. The van der Waals surface area contributed by atoms with Crippen LogP contribution in [0.3, 0.4) is 0 Å². The maximum Gasteiger partial charge on any atom is 0.145 e. The minimum absolute atomic E-state index is 0.0399. The lowest BCUT2D eigenvalue weighted by Gasteiger charge is -2.16. The fraction of sp³-hybridized carbons (Fsp3) is 0.200. The molecule has 2 nitrogen and oxygen atoms in total. The second kappa shape index (κ2) is 8.15. The van der Waals surface area contributed by atoms with E-state index < -0.39 is 0 Å². The van der Waals surface area contributed by atoms with Crippen LogP contribution in [0.5, 0.6) is 0 Å². The van der Waals surface area contributed by atoms with Crippen molar-refractivity contribution in [1.29, 1.82) is 0 Å². The van der Waals surface area contributed by atoms with Crippen LogP contribution in [0.2, 0.25) is 5.02 Å². The van der Waals surface area contributed by atoms with Crippen LogP contribution in [0.15, 0.2) is 51.8 Å². The molecule has 2 rings (SSSR count). The highest BCUT2D eigenvalue weighted by atomic mass is 79.9. The Hall–Kier alpha value is -0.590. The van der Waals surface area contributed by atoms with Gasteiger partial charge in [0.1, 0.15) is 5.82 Å². The van der Waals surface area contributed by atoms with Crippen LogP contribution in [0.4, 0.5) is 4.39 Å². The highest BCUT2D eigenvalue weighted by Gasteiger charge is 2.13. The number of hydrogen-bond donors (Lipinski definition) is 2. The van der Waals surface area contributed by atoms with Gasteiger partial charge in [0.15, 0.2) is 0 Å². The average molecular weight is 390 g/mol. The van der Waals surface area contributed by atoms with Gasteiger partial charge < -0.3 is 0 Å². The van der Waals surface area contributed by atoms with Crippen LogP contribution >= 0.6 is 39.3 Å². The highest BCUT2D eigenvalue weighted by Crippen LogP contribution is 2.24. The van der Waals surface area contributed by atoms with Crippen molar-refractivity contribution in [3.63, 3.8) is 0 Å². The Balaban J connectivity index is 1.99. The summed E-state index contributed by atoms with van der Waals surface area (Å²) in [6, 6.07) is 13.0. The van der Waals surface area contributed by atoms with E-state index in [4.69, 9.17) is 17.4 Å². The summed E-state index contributed by atoms with van der Waals surface area (Å²) in [5, 5.41) is 0.142. The number of nitrogens with one attached hydrogen (secondary N) is 1. The lowest BCUT2D eigenvalue weighted by molar-refractivity contribution is 0.547. The monoisotopic (exact) mass is 388 g/mol. The quantitative estimate of drug-likeness (QED) is 0.437. The molecular weight excluding hydrogens is 375 g/mol. The van der Waals surface area contributed by atoms with E-state index in [1.54, 1.807) is 30.0 Å². The third kappa shape index (κ3) is 4.97. The van der Waals surface area contributed by atoms with E-state index in [1.807, 2.05) is 24.3 Å². The average Bonchev–Trinajstić information content (AvgIpc) is 2.48. The molecule has 0 aliphatic heterocycles. The molecule has 0 fully saturated rings. The zero-order valence-electron chi connectivity index (χ0n) is 11.2. The van der Waals surface area contributed by atoms with E-state index in [0.717, 1.165) is 15.1 Å². The van der Waals surface area contributed by atoms with E-state index >= 15 is 0 Å². The van der Waals surface area contributed by atoms with Crippen LogP contribution in [0.1, 0.15) is 5.56 Å². The fourth-order valence-corrected chi connectivity index (χ4v) is 3.63. The van der Waals surface area contributed by atoms with Gasteiger partial charge in [0.25, 0.3) is 0 Å². The smallest absolute Gasteiger partial charge is 0.145 e. The summed E-state index contributed by atoms with van der Waals surface area (Å²) in [4.78, 5) is 1.14. The largest absolute Gasteiger partial charge is 0.271 e. The Morgan fingerprint density at radius 2 is 2.05 bits per heavy atom. The summed E-state index contributed by atoms with van der Waals surface area (Å²) in [5.41, 5.74) is 3.31. The number of hydrazine groups is 1. The van der Waals surface area contributed by atoms with Crippen molar-refractivity contribution < 1.29 is 4.39 Å². The Kier molecular flexibility index (Phi) is 6.51. The predicted molar refractivity (Wildman–Crippen MR) is 91.1 cm³/mol. The summed E-state index contributed by atoms with van der Waals surface area (Å²) in [6.45, 7) is 0. The van der Waals surface area contributed by atoms with Gasteiger partial charge in [-0.25, -0.2) is 4.39 Å². The topological polar surface area (TPSA) is 38.0 Å². The Morgan fingerprint density at radius 1 is 1.29 bits per heavy atom. The Bertz CT molecular complexity index is 612. The van der Waals surface area contributed by atoms with E-state index in [0.29, 0.717) is 12.0 Å². The zero-order chi connectivity index (χ0) is 15.2. The van der Waals surface area contributed by atoms with Crippen molar-refractivity contribution in [2.75, 3.05) is 5.75 Å². The van der Waals surface area contributed by atoms with Gasteiger partial charge in [-0.05, 0) is 36.2 Å². The van der Waals surface area contributed by atoms with Gasteiger partial charge in [0.2, 0.25) is 0 Å². The van der Waals surface area contributed by atoms with Crippen LogP contribution < -0.4 is 11.3 Å². The molecule has 0 heterocycles. The molecule has 2 aromatic carbocycles. The van der Waals surface area contributed by atoms with Crippen LogP contribution in [0.25, 0.3) is 0 Å². The molecule has 0 aliphatic rings. The molecule has 0 spiro atoms. The molecule has 0 aliphatic carbocycles. The molecule has 21 heavy (non-hydrogen) atoms. The number of halogens is 3. The van der Waals surface area contributed by atoms with E-state index in [2.05, 4.69) is 21.4 Å². The molecule has 1 unspecified atom stereocenters. The van der Waals surface area contributed by atoms with Crippen molar-refractivity contribution in [1.82, 2.24) is 5.43 Å². The summed E-state index contributed by atoms with van der Waals surface area (Å²) in [5.74, 6) is 5.94. The highest BCUT2D eigenvalue weighted by molar-refractivity contribution is 9.10. The van der Waals surface area contributed by atoms with Gasteiger partial charge in [-0.15, -0.1) is 11.8 Å². The third-order valence-corrected chi connectivity index (χ3v) is 4.92. The van der Waals surface area contributed by atoms with Crippen LogP contribution in [-0.2, 0) is 6.42 Å². The Labute approximate surface area is 141 Å². The van der Waals surface area contributed by atoms with Crippen molar-refractivity contribution in [3.05, 3.63) is 63.3 Å². The molecule has 6 heteroatoms. The van der Waals surface area contributed by atoms with Gasteiger partial charge in [-0.3, -0.25) is 11.3 Å². The zero-order valence-corrected chi connectivity index (χ0v) is 14.3. The molecule has 1 atom stereocenters. The Morgan fingerprint density at radius 3 is 2.76 bits per heavy atom. The third-order valence-electron chi connectivity index (χ3n) is 2.98. The first kappa shape index (κ1) is 16.8. The predicted octanol–water partition coefficient (Wildman–Crippen LogP) is 4.41. The molecule has 0 aromatic heterocycles. The molecule has 112 valence electrons. The van der Waals surface area contributed by atoms with E-state index in [1.165, 1.54) is 0 Å². The van der Waals surface area contributed by atoms with Crippen molar-refractivity contribution in [2.24, 2.45) is 5.84 Å². The summed E-state index contributed by atoms with van der Waals surface area (Å²) >= 11 is 10.9. The standard InChI is InChI=1S/C15H15BrClFN2S/c16-11-4-2-5-13(8-11)21-9-12(20-19)7-10-3-1-6-14(17)15(10)18/h1-6,8,12,20H,7,9,19H2. The molecule has 0 saturated carbocycles.